The van der Waals surface area contributed by atoms with Gasteiger partial charge in [0.05, 0.1) is 21.3 Å². The number of ether oxygens (including phenoxy) is 3. The van der Waals surface area contributed by atoms with Gasteiger partial charge < -0.3 is 14.2 Å². The number of thioether (sulfide) groups is 1. The van der Waals surface area contributed by atoms with Gasteiger partial charge >= 0.3 is 0 Å². The van der Waals surface area contributed by atoms with Crippen molar-refractivity contribution in [2.24, 2.45) is 0 Å². The number of methoxy groups -OCH3 is 3. The number of thiocarbonyl (C=S) groups is 1. The average molecular weight is 339 g/mol. The molecule has 0 saturated carbocycles. The summed E-state index contributed by atoms with van der Waals surface area (Å²) in [7, 11) is 4.65. The van der Waals surface area contributed by atoms with Gasteiger partial charge in [-0.25, -0.2) is 0 Å². The van der Waals surface area contributed by atoms with Crippen molar-refractivity contribution in [3.8, 4) is 17.2 Å². The number of amides is 1. The summed E-state index contributed by atoms with van der Waals surface area (Å²) >= 11 is 6.66. The highest BCUT2D eigenvalue weighted by molar-refractivity contribution is 8.23. The fourth-order valence-electron chi connectivity index (χ4n) is 2.05. The van der Waals surface area contributed by atoms with E-state index in [-0.39, 0.29) is 5.91 Å². The molecule has 1 heterocycles. The Kier molecular flexibility index (Phi) is 5.68. The normalized spacial score (nSPS) is 14.5. The van der Waals surface area contributed by atoms with Crippen LogP contribution in [-0.4, -0.2) is 48.8 Å². The van der Waals surface area contributed by atoms with Crippen molar-refractivity contribution >= 4 is 40.3 Å². The van der Waals surface area contributed by atoms with Gasteiger partial charge in [-0.3, -0.25) is 9.69 Å². The van der Waals surface area contributed by atoms with E-state index in [1.807, 2.05) is 0 Å². The first-order valence-corrected chi connectivity index (χ1v) is 7.96. The van der Waals surface area contributed by atoms with Crippen LogP contribution in [0.15, 0.2) is 18.2 Å². The summed E-state index contributed by atoms with van der Waals surface area (Å²) in [6, 6.07) is 3.56. The standard InChI is InChI=1S/C15H17NO4S2/c1-18-11-8-10(9-12(19-2)14(11)20-3)4-5-13(17)16-6-7-22-15(16)21/h4-5,8-9H,6-7H2,1-3H3/b5-4-. The van der Waals surface area contributed by atoms with E-state index < -0.39 is 0 Å². The van der Waals surface area contributed by atoms with Gasteiger partial charge in [0.15, 0.2) is 11.5 Å². The minimum Gasteiger partial charge on any atom is -0.493 e. The molecule has 1 saturated heterocycles. The summed E-state index contributed by atoms with van der Waals surface area (Å²) in [5, 5.41) is 0. The lowest BCUT2D eigenvalue weighted by atomic mass is 10.1. The fraction of sp³-hybridized carbons (Fsp3) is 0.333. The Morgan fingerprint density at radius 3 is 2.32 bits per heavy atom. The van der Waals surface area contributed by atoms with E-state index in [1.165, 1.54) is 17.8 Å². The number of benzene rings is 1. The number of rotatable bonds is 5. The molecule has 2 rings (SSSR count). The van der Waals surface area contributed by atoms with Crippen LogP contribution in [0.3, 0.4) is 0 Å². The molecule has 1 aliphatic rings. The van der Waals surface area contributed by atoms with Crippen LogP contribution in [0.4, 0.5) is 0 Å². The highest BCUT2D eigenvalue weighted by atomic mass is 32.2. The average Bonchev–Trinajstić information content (AvgIpc) is 2.97. The topological polar surface area (TPSA) is 48.0 Å². The predicted molar refractivity (Wildman–Crippen MR) is 91.9 cm³/mol. The third-order valence-corrected chi connectivity index (χ3v) is 4.56. The van der Waals surface area contributed by atoms with E-state index >= 15 is 0 Å². The number of nitrogens with zero attached hydrogens (tertiary/aromatic N) is 1. The summed E-state index contributed by atoms with van der Waals surface area (Å²) in [6.07, 6.45) is 3.21. The largest absolute Gasteiger partial charge is 0.493 e. The molecular formula is C15H17NO4S2. The van der Waals surface area contributed by atoms with E-state index in [1.54, 1.807) is 44.4 Å². The van der Waals surface area contributed by atoms with Gasteiger partial charge in [-0.05, 0) is 23.8 Å². The van der Waals surface area contributed by atoms with Crippen LogP contribution in [0, 0.1) is 0 Å². The van der Waals surface area contributed by atoms with Crippen molar-refractivity contribution in [2.75, 3.05) is 33.6 Å². The first-order chi connectivity index (χ1) is 10.6. The Bertz CT molecular complexity index is 591. The van der Waals surface area contributed by atoms with Crippen LogP contribution < -0.4 is 14.2 Å². The van der Waals surface area contributed by atoms with Gasteiger partial charge in [0.25, 0.3) is 5.91 Å². The van der Waals surface area contributed by atoms with E-state index in [2.05, 4.69) is 0 Å². The van der Waals surface area contributed by atoms with E-state index in [9.17, 15) is 4.79 Å². The molecule has 1 aromatic rings. The zero-order valence-corrected chi connectivity index (χ0v) is 14.3. The fourth-order valence-corrected chi connectivity index (χ4v) is 3.27. The molecule has 5 nitrogen and oxygen atoms in total. The molecule has 0 radical (unpaired) electrons. The highest BCUT2D eigenvalue weighted by Crippen LogP contribution is 2.38. The Morgan fingerprint density at radius 1 is 1.23 bits per heavy atom. The molecule has 1 aliphatic heterocycles. The number of hydrogen-bond donors (Lipinski definition) is 0. The first-order valence-electron chi connectivity index (χ1n) is 6.57. The maximum Gasteiger partial charge on any atom is 0.252 e. The van der Waals surface area contributed by atoms with Gasteiger partial charge in [-0.1, -0.05) is 24.0 Å². The summed E-state index contributed by atoms with van der Waals surface area (Å²) in [5.41, 5.74) is 0.778. The lowest BCUT2D eigenvalue weighted by Gasteiger charge is -2.13. The zero-order chi connectivity index (χ0) is 16.1. The molecule has 0 unspecified atom stereocenters. The minimum atomic E-state index is -0.122. The van der Waals surface area contributed by atoms with Crippen molar-refractivity contribution in [1.82, 2.24) is 4.90 Å². The van der Waals surface area contributed by atoms with Crippen LogP contribution in [0.2, 0.25) is 0 Å². The van der Waals surface area contributed by atoms with Crippen LogP contribution in [-0.2, 0) is 4.79 Å². The van der Waals surface area contributed by atoms with Gasteiger partial charge in [0.2, 0.25) is 5.75 Å². The molecule has 7 heteroatoms. The highest BCUT2D eigenvalue weighted by Gasteiger charge is 2.22. The predicted octanol–water partition coefficient (Wildman–Crippen LogP) is 2.59. The van der Waals surface area contributed by atoms with Gasteiger partial charge in [0, 0.05) is 18.4 Å². The molecule has 118 valence electrons. The second-order valence-electron chi connectivity index (χ2n) is 4.40. The van der Waals surface area contributed by atoms with Crippen molar-refractivity contribution < 1.29 is 19.0 Å². The third kappa shape index (κ3) is 3.53. The molecule has 1 aromatic carbocycles. The molecule has 0 spiro atoms. The zero-order valence-electron chi connectivity index (χ0n) is 12.6. The second kappa shape index (κ2) is 7.51. The monoisotopic (exact) mass is 339 g/mol. The van der Waals surface area contributed by atoms with E-state index in [0.717, 1.165) is 11.3 Å². The Hall–Kier alpha value is -1.73. The van der Waals surface area contributed by atoms with Crippen LogP contribution in [0.25, 0.3) is 6.08 Å². The molecule has 0 N–H and O–H groups in total. The van der Waals surface area contributed by atoms with Crippen LogP contribution in [0.1, 0.15) is 5.56 Å². The Labute approximate surface area is 139 Å². The third-order valence-electron chi connectivity index (χ3n) is 3.13. The van der Waals surface area contributed by atoms with Gasteiger partial charge in [-0.2, -0.15) is 0 Å². The second-order valence-corrected chi connectivity index (χ2v) is 6.12. The maximum absolute atomic E-state index is 12.1. The molecule has 1 fully saturated rings. The molecular weight excluding hydrogens is 322 g/mol. The summed E-state index contributed by atoms with van der Waals surface area (Å²) < 4.78 is 16.5. The summed E-state index contributed by atoms with van der Waals surface area (Å²) in [5.74, 6) is 2.33. The van der Waals surface area contributed by atoms with Crippen LogP contribution in [0.5, 0.6) is 17.2 Å². The van der Waals surface area contributed by atoms with Crippen molar-refractivity contribution in [3.05, 3.63) is 23.8 Å². The molecule has 1 amide bonds. The first kappa shape index (κ1) is 16.6. The Balaban J connectivity index is 2.23. The van der Waals surface area contributed by atoms with E-state index in [0.29, 0.717) is 28.1 Å². The maximum atomic E-state index is 12.1. The number of hydrogen-bond acceptors (Lipinski definition) is 6. The quantitative estimate of drug-likeness (QED) is 0.607. The van der Waals surface area contributed by atoms with E-state index in [4.69, 9.17) is 26.4 Å². The summed E-state index contributed by atoms with van der Waals surface area (Å²) in [4.78, 5) is 13.7. The van der Waals surface area contributed by atoms with Gasteiger partial charge in [0.1, 0.15) is 4.32 Å². The molecule has 0 aliphatic carbocycles. The lowest BCUT2D eigenvalue weighted by Crippen LogP contribution is -2.28. The van der Waals surface area contributed by atoms with Crippen LogP contribution >= 0.6 is 24.0 Å². The van der Waals surface area contributed by atoms with Crippen molar-refractivity contribution in [3.63, 3.8) is 0 Å². The number of carbonyl (C=O) groups is 1. The lowest BCUT2D eigenvalue weighted by molar-refractivity contribution is -0.121. The molecule has 0 bridgehead atoms. The van der Waals surface area contributed by atoms with Gasteiger partial charge in [-0.15, -0.1) is 0 Å². The number of carbonyl (C=O) groups excluding carboxylic acids is 1. The molecule has 0 aromatic heterocycles. The molecule has 22 heavy (non-hydrogen) atoms. The smallest absolute Gasteiger partial charge is 0.252 e. The summed E-state index contributed by atoms with van der Waals surface area (Å²) in [6.45, 7) is 0.655. The Morgan fingerprint density at radius 2 is 1.86 bits per heavy atom. The minimum absolute atomic E-state index is 0.122. The van der Waals surface area contributed by atoms with Crippen molar-refractivity contribution in [1.29, 1.82) is 0 Å². The molecule has 0 atom stereocenters. The van der Waals surface area contributed by atoms with Crippen molar-refractivity contribution in [2.45, 2.75) is 0 Å². The SMILES string of the molecule is COc1cc(/C=C\C(=O)N2CCSC2=S)cc(OC)c1OC.